The minimum atomic E-state index is -0.158. The Hall–Kier alpha value is -0.690. The highest BCUT2D eigenvalue weighted by Gasteiger charge is 2.33. The fraction of sp³-hybridized carbons (Fsp3) is 0.917. The molecule has 2 saturated heterocycles. The van der Waals surface area contributed by atoms with Crippen molar-refractivity contribution in [2.24, 2.45) is 0 Å². The molecule has 0 aromatic rings. The fourth-order valence-corrected chi connectivity index (χ4v) is 2.27. The molecule has 0 aromatic heterocycles. The molecule has 0 bridgehead atoms. The third kappa shape index (κ3) is 3.41. The molecule has 2 rings (SSSR count). The number of nitrogens with one attached hydrogen (secondary N) is 1. The number of hydrogen-bond acceptors (Lipinski definition) is 5. The zero-order valence-electron chi connectivity index (χ0n) is 11.0. The monoisotopic (exact) mass is 257 g/mol. The van der Waals surface area contributed by atoms with Crippen molar-refractivity contribution >= 4 is 5.91 Å². The zero-order chi connectivity index (χ0) is 13.0. The summed E-state index contributed by atoms with van der Waals surface area (Å²) in [5.74, 6) is 0.0757. The first kappa shape index (κ1) is 13.7. The predicted octanol–water partition coefficient (Wildman–Crippen LogP) is -1.50. The molecule has 0 aromatic carbocycles. The Kier molecular flexibility index (Phi) is 4.55. The summed E-state index contributed by atoms with van der Waals surface area (Å²) in [5.41, 5.74) is -0.158. The normalized spacial score (nSPS) is 23.8. The third-order valence-corrected chi connectivity index (χ3v) is 3.68. The number of rotatable bonds is 5. The average molecular weight is 257 g/mol. The highest BCUT2D eigenvalue weighted by Crippen LogP contribution is 2.15. The van der Waals surface area contributed by atoms with Gasteiger partial charge in [0.2, 0.25) is 5.91 Å². The third-order valence-electron chi connectivity index (χ3n) is 3.68. The van der Waals surface area contributed by atoms with E-state index in [0.717, 1.165) is 39.3 Å². The summed E-state index contributed by atoms with van der Waals surface area (Å²) >= 11 is 0. The lowest BCUT2D eigenvalue weighted by molar-refractivity contribution is -0.147. The van der Waals surface area contributed by atoms with E-state index >= 15 is 0 Å². The molecule has 0 spiro atoms. The molecule has 2 heterocycles. The fourth-order valence-electron chi connectivity index (χ4n) is 2.27. The maximum atomic E-state index is 12.0. The minimum Gasteiger partial charge on any atom is -0.395 e. The predicted molar refractivity (Wildman–Crippen MR) is 67.3 cm³/mol. The molecule has 2 N–H and O–H groups in total. The van der Waals surface area contributed by atoms with Crippen molar-refractivity contribution in [3.63, 3.8) is 0 Å². The zero-order valence-corrected chi connectivity index (χ0v) is 11.0. The number of ether oxygens (including phenoxy) is 1. The van der Waals surface area contributed by atoms with Crippen LogP contribution in [-0.2, 0) is 9.53 Å². The molecule has 0 saturated carbocycles. The van der Waals surface area contributed by atoms with Gasteiger partial charge in [0.1, 0.15) is 6.61 Å². The van der Waals surface area contributed by atoms with Gasteiger partial charge in [-0.2, -0.15) is 0 Å². The van der Waals surface area contributed by atoms with E-state index in [1.165, 1.54) is 0 Å². The SMILES string of the molecule is CC1(OCC(=O)N2CCN(CCO)CC2)CNC1. The smallest absolute Gasteiger partial charge is 0.248 e. The lowest BCUT2D eigenvalue weighted by Gasteiger charge is -2.40. The van der Waals surface area contributed by atoms with Crippen molar-refractivity contribution in [1.29, 1.82) is 0 Å². The molecule has 2 aliphatic rings. The molecule has 0 unspecified atom stereocenters. The molecule has 0 atom stereocenters. The summed E-state index contributed by atoms with van der Waals surface area (Å²) in [6.45, 7) is 7.87. The van der Waals surface area contributed by atoms with Crippen LogP contribution in [-0.4, -0.2) is 85.4 Å². The lowest BCUT2D eigenvalue weighted by Crippen LogP contribution is -2.60. The number of β-amino-alcohol motifs (C(OH)–C–C–N with tert-alkyl or cyclic N) is 1. The highest BCUT2D eigenvalue weighted by molar-refractivity contribution is 5.77. The van der Waals surface area contributed by atoms with Crippen molar-refractivity contribution in [3.05, 3.63) is 0 Å². The van der Waals surface area contributed by atoms with Crippen LogP contribution in [0.1, 0.15) is 6.92 Å². The molecule has 2 fully saturated rings. The van der Waals surface area contributed by atoms with Crippen molar-refractivity contribution < 1.29 is 14.6 Å². The number of aliphatic hydroxyl groups excluding tert-OH is 1. The van der Waals surface area contributed by atoms with E-state index in [-0.39, 0.29) is 24.7 Å². The van der Waals surface area contributed by atoms with Gasteiger partial charge >= 0.3 is 0 Å². The van der Waals surface area contributed by atoms with Crippen molar-refractivity contribution in [2.75, 3.05) is 59.0 Å². The Morgan fingerprint density at radius 2 is 2.00 bits per heavy atom. The Balaban J connectivity index is 1.67. The average Bonchev–Trinajstić information content (AvgIpc) is 2.35. The first-order valence-electron chi connectivity index (χ1n) is 6.59. The Morgan fingerprint density at radius 3 is 2.50 bits per heavy atom. The molecular weight excluding hydrogens is 234 g/mol. The molecule has 6 nitrogen and oxygen atoms in total. The second kappa shape index (κ2) is 5.97. The summed E-state index contributed by atoms with van der Waals surface area (Å²) in [7, 11) is 0. The number of carbonyl (C=O) groups is 1. The Labute approximate surface area is 108 Å². The van der Waals surface area contributed by atoms with Gasteiger partial charge in [-0.1, -0.05) is 0 Å². The maximum absolute atomic E-state index is 12.0. The van der Waals surface area contributed by atoms with Crippen LogP contribution >= 0.6 is 0 Å². The summed E-state index contributed by atoms with van der Waals surface area (Å²) < 4.78 is 5.65. The van der Waals surface area contributed by atoms with Crippen LogP contribution in [0, 0.1) is 0 Å². The van der Waals surface area contributed by atoms with Crippen LogP contribution < -0.4 is 5.32 Å². The lowest BCUT2D eigenvalue weighted by atomic mass is 10.0. The second-order valence-corrected chi connectivity index (χ2v) is 5.29. The Bertz CT molecular complexity index is 286. The van der Waals surface area contributed by atoms with E-state index in [9.17, 15) is 4.79 Å². The van der Waals surface area contributed by atoms with Crippen LogP contribution in [0.3, 0.4) is 0 Å². The molecule has 0 radical (unpaired) electrons. The van der Waals surface area contributed by atoms with Gasteiger partial charge in [-0.3, -0.25) is 9.69 Å². The Morgan fingerprint density at radius 1 is 1.33 bits per heavy atom. The molecule has 18 heavy (non-hydrogen) atoms. The number of piperazine rings is 1. The van der Waals surface area contributed by atoms with Crippen molar-refractivity contribution in [2.45, 2.75) is 12.5 Å². The molecule has 0 aliphatic carbocycles. The van der Waals surface area contributed by atoms with Gasteiger partial charge in [0, 0.05) is 45.8 Å². The van der Waals surface area contributed by atoms with Gasteiger partial charge in [-0.15, -0.1) is 0 Å². The molecule has 6 heteroatoms. The number of hydrogen-bond donors (Lipinski definition) is 2. The first-order chi connectivity index (χ1) is 8.63. The standard InChI is InChI=1S/C12H23N3O3/c1-12(9-13-10-12)18-8-11(17)15-4-2-14(3-5-15)6-7-16/h13,16H,2-10H2,1H3. The van der Waals surface area contributed by atoms with Crippen LogP contribution in [0.4, 0.5) is 0 Å². The van der Waals surface area contributed by atoms with Gasteiger partial charge < -0.3 is 20.1 Å². The van der Waals surface area contributed by atoms with Crippen LogP contribution in [0.25, 0.3) is 0 Å². The van der Waals surface area contributed by atoms with Gasteiger partial charge in [0.05, 0.1) is 12.2 Å². The van der Waals surface area contributed by atoms with Gasteiger partial charge in [-0.05, 0) is 6.92 Å². The van der Waals surface area contributed by atoms with Crippen LogP contribution in [0.2, 0.25) is 0 Å². The van der Waals surface area contributed by atoms with Crippen LogP contribution in [0.15, 0.2) is 0 Å². The molecule has 1 amide bonds. The van der Waals surface area contributed by atoms with E-state index < -0.39 is 0 Å². The van der Waals surface area contributed by atoms with E-state index in [4.69, 9.17) is 9.84 Å². The van der Waals surface area contributed by atoms with Crippen LogP contribution in [0.5, 0.6) is 0 Å². The van der Waals surface area contributed by atoms with E-state index in [2.05, 4.69) is 10.2 Å². The van der Waals surface area contributed by atoms with Gasteiger partial charge in [-0.25, -0.2) is 0 Å². The molecular formula is C12H23N3O3. The number of nitrogens with zero attached hydrogens (tertiary/aromatic N) is 2. The van der Waals surface area contributed by atoms with Gasteiger partial charge in [0.25, 0.3) is 0 Å². The summed E-state index contributed by atoms with van der Waals surface area (Å²) in [6.07, 6.45) is 0. The maximum Gasteiger partial charge on any atom is 0.248 e. The van der Waals surface area contributed by atoms with Crippen molar-refractivity contribution in [3.8, 4) is 0 Å². The number of amides is 1. The van der Waals surface area contributed by atoms with Crippen molar-refractivity contribution in [1.82, 2.24) is 15.1 Å². The highest BCUT2D eigenvalue weighted by atomic mass is 16.5. The number of carbonyl (C=O) groups excluding carboxylic acids is 1. The summed E-state index contributed by atoms with van der Waals surface area (Å²) in [4.78, 5) is 16.0. The second-order valence-electron chi connectivity index (χ2n) is 5.29. The quantitative estimate of drug-likeness (QED) is 0.628. The number of aliphatic hydroxyl groups is 1. The van der Waals surface area contributed by atoms with E-state index in [1.807, 2.05) is 11.8 Å². The summed E-state index contributed by atoms with van der Waals surface area (Å²) in [5, 5.41) is 12.0. The molecule has 2 aliphatic heterocycles. The van der Waals surface area contributed by atoms with E-state index in [1.54, 1.807) is 0 Å². The minimum absolute atomic E-state index is 0.0757. The van der Waals surface area contributed by atoms with Gasteiger partial charge in [0.15, 0.2) is 0 Å². The van der Waals surface area contributed by atoms with E-state index in [0.29, 0.717) is 6.54 Å². The summed E-state index contributed by atoms with van der Waals surface area (Å²) in [6, 6.07) is 0. The topological polar surface area (TPSA) is 65.0 Å². The largest absolute Gasteiger partial charge is 0.395 e. The molecule has 104 valence electrons. The first-order valence-corrected chi connectivity index (χ1v) is 6.59.